The third-order valence-corrected chi connectivity index (χ3v) is 4.80. The summed E-state index contributed by atoms with van der Waals surface area (Å²) in [6.45, 7) is 2.05. The zero-order valence-corrected chi connectivity index (χ0v) is 14.3. The molecular weight excluding hydrogens is 328 g/mol. The van der Waals surface area contributed by atoms with Crippen molar-refractivity contribution in [3.8, 4) is 0 Å². The van der Waals surface area contributed by atoms with Gasteiger partial charge in [0.2, 0.25) is 5.91 Å². The van der Waals surface area contributed by atoms with Gasteiger partial charge in [-0.25, -0.2) is 0 Å². The summed E-state index contributed by atoms with van der Waals surface area (Å²) in [6, 6.07) is 6.59. The number of halogens is 1. The van der Waals surface area contributed by atoms with E-state index < -0.39 is 0 Å². The van der Waals surface area contributed by atoms with Gasteiger partial charge < -0.3 is 20.4 Å². The van der Waals surface area contributed by atoms with E-state index in [4.69, 9.17) is 4.42 Å². The van der Waals surface area contributed by atoms with Crippen molar-refractivity contribution in [2.75, 3.05) is 23.7 Å². The summed E-state index contributed by atoms with van der Waals surface area (Å²) in [5, 5.41) is 9.68. The summed E-state index contributed by atoms with van der Waals surface area (Å²) < 4.78 is 5.76. The third-order valence-electron chi connectivity index (χ3n) is 4.80. The molecule has 6 nitrogen and oxygen atoms in total. The van der Waals surface area contributed by atoms with E-state index in [2.05, 4.69) is 20.9 Å². The van der Waals surface area contributed by atoms with Crippen molar-refractivity contribution in [1.29, 1.82) is 0 Å². The predicted molar refractivity (Wildman–Crippen MR) is 96.7 cm³/mol. The van der Waals surface area contributed by atoms with Gasteiger partial charge in [0, 0.05) is 17.6 Å². The standard InChI is InChI=1S/C17H22N4O2.ClH/c22-16(11-2-1-3-11)19-13-4-5-15-14(10-13)21-17(23-15)20-12-6-8-18-9-7-12;/h4-5,10-12,18H,1-3,6-9H2,(H,19,22)(H,20,21);1H. The summed E-state index contributed by atoms with van der Waals surface area (Å²) in [5.74, 6) is 0.298. The molecule has 1 aromatic heterocycles. The molecule has 2 fully saturated rings. The second kappa shape index (κ2) is 7.40. The van der Waals surface area contributed by atoms with Crippen LogP contribution in [0.15, 0.2) is 22.6 Å². The summed E-state index contributed by atoms with van der Waals surface area (Å²) >= 11 is 0. The Morgan fingerprint density at radius 2 is 2.00 bits per heavy atom. The summed E-state index contributed by atoms with van der Waals surface area (Å²) in [6.07, 6.45) is 5.31. The van der Waals surface area contributed by atoms with Crippen molar-refractivity contribution in [1.82, 2.24) is 10.3 Å². The molecule has 130 valence electrons. The monoisotopic (exact) mass is 350 g/mol. The molecule has 1 saturated carbocycles. The van der Waals surface area contributed by atoms with Gasteiger partial charge in [0.15, 0.2) is 5.58 Å². The lowest BCUT2D eigenvalue weighted by molar-refractivity contribution is -0.122. The number of anilines is 2. The number of amides is 1. The first-order chi connectivity index (χ1) is 11.3. The smallest absolute Gasteiger partial charge is 0.295 e. The lowest BCUT2D eigenvalue weighted by atomic mass is 9.85. The Bertz CT molecular complexity index is 708. The van der Waals surface area contributed by atoms with Crippen molar-refractivity contribution >= 4 is 41.1 Å². The molecule has 0 atom stereocenters. The van der Waals surface area contributed by atoms with Crippen molar-refractivity contribution in [3.63, 3.8) is 0 Å². The molecule has 4 rings (SSSR count). The van der Waals surface area contributed by atoms with Crippen molar-refractivity contribution in [2.24, 2.45) is 5.92 Å². The Morgan fingerprint density at radius 1 is 1.21 bits per heavy atom. The first-order valence-corrected chi connectivity index (χ1v) is 8.47. The molecule has 1 amide bonds. The lowest BCUT2D eigenvalue weighted by Crippen LogP contribution is -2.35. The SMILES string of the molecule is Cl.O=C(Nc1ccc2oc(NC3CCNCC3)nc2c1)C1CCC1. The number of carbonyl (C=O) groups excluding carboxylic acids is 1. The third kappa shape index (κ3) is 3.65. The topological polar surface area (TPSA) is 79.2 Å². The summed E-state index contributed by atoms with van der Waals surface area (Å²) in [4.78, 5) is 16.5. The Morgan fingerprint density at radius 3 is 2.71 bits per heavy atom. The second-order valence-electron chi connectivity index (χ2n) is 6.49. The molecule has 0 radical (unpaired) electrons. The Balaban J connectivity index is 0.00000169. The fourth-order valence-corrected chi connectivity index (χ4v) is 3.12. The highest BCUT2D eigenvalue weighted by Gasteiger charge is 2.25. The van der Waals surface area contributed by atoms with E-state index in [0.29, 0.717) is 12.1 Å². The molecule has 1 aromatic carbocycles. The highest BCUT2D eigenvalue weighted by atomic mass is 35.5. The number of aromatic nitrogens is 1. The minimum absolute atomic E-state index is 0. The Labute approximate surface area is 147 Å². The molecule has 2 aliphatic rings. The largest absolute Gasteiger partial charge is 0.424 e. The maximum atomic E-state index is 12.0. The van der Waals surface area contributed by atoms with Gasteiger partial charge >= 0.3 is 0 Å². The first-order valence-electron chi connectivity index (χ1n) is 8.47. The zero-order valence-electron chi connectivity index (χ0n) is 13.5. The normalized spacial score (nSPS) is 18.7. The Kier molecular flexibility index (Phi) is 5.26. The van der Waals surface area contributed by atoms with E-state index in [1.165, 1.54) is 0 Å². The highest BCUT2D eigenvalue weighted by molar-refractivity contribution is 5.94. The van der Waals surface area contributed by atoms with Gasteiger partial charge in [0.05, 0.1) is 0 Å². The van der Waals surface area contributed by atoms with Crippen LogP contribution < -0.4 is 16.0 Å². The molecule has 2 heterocycles. The van der Waals surface area contributed by atoms with E-state index in [9.17, 15) is 4.79 Å². The van der Waals surface area contributed by atoms with Crippen molar-refractivity contribution < 1.29 is 9.21 Å². The maximum absolute atomic E-state index is 12.0. The molecular formula is C17H23ClN4O2. The first kappa shape index (κ1) is 17.0. The van der Waals surface area contributed by atoms with Gasteiger partial charge in [-0.1, -0.05) is 6.42 Å². The van der Waals surface area contributed by atoms with E-state index in [1.54, 1.807) is 0 Å². The molecule has 0 unspecified atom stereocenters. The fourth-order valence-electron chi connectivity index (χ4n) is 3.12. The van der Waals surface area contributed by atoms with Crippen LogP contribution >= 0.6 is 12.4 Å². The number of fused-ring (bicyclic) bond motifs is 1. The number of carbonyl (C=O) groups is 1. The van der Waals surface area contributed by atoms with Crippen LogP contribution in [0.5, 0.6) is 0 Å². The minimum Gasteiger partial charge on any atom is -0.424 e. The molecule has 1 saturated heterocycles. The van der Waals surface area contributed by atoms with Gasteiger partial charge in [-0.3, -0.25) is 4.79 Å². The van der Waals surface area contributed by atoms with Crippen LogP contribution in [0.25, 0.3) is 11.1 Å². The van der Waals surface area contributed by atoms with Crippen molar-refractivity contribution in [2.45, 2.75) is 38.1 Å². The van der Waals surface area contributed by atoms with Crippen LogP contribution in [0.2, 0.25) is 0 Å². The number of piperidine rings is 1. The quantitative estimate of drug-likeness (QED) is 0.789. The van der Waals surface area contributed by atoms with Crippen LogP contribution in [0, 0.1) is 5.92 Å². The number of nitrogens with zero attached hydrogens (tertiary/aromatic N) is 1. The van der Waals surface area contributed by atoms with E-state index in [-0.39, 0.29) is 24.2 Å². The summed E-state index contributed by atoms with van der Waals surface area (Å²) in [5.41, 5.74) is 2.30. The van der Waals surface area contributed by atoms with Crippen LogP contribution in [-0.2, 0) is 4.79 Å². The molecule has 1 aliphatic heterocycles. The zero-order chi connectivity index (χ0) is 15.6. The summed E-state index contributed by atoms with van der Waals surface area (Å²) in [7, 11) is 0. The van der Waals surface area contributed by atoms with E-state index in [0.717, 1.165) is 62.0 Å². The second-order valence-corrected chi connectivity index (χ2v) is 6.49. The van der Waals surface area contributed by atoms with Gasteiger partial charge in [-0.05, 0) is 57.0 Å². The molecule has 24 heavy (non-hydrogen) atoms. The van der Waals surface area contributed by atoms with E-state index >= 15 is 0 Å². The van der Waals surface area contributed by atoms with E-state index in [1.807, 2.05) is 18.2 Å². The number of hydrogen-bond donors (Lipinski definition) is 3. The number of benzene rings is 1. The Hall–Kier alpha value is -1.79. The average Bonchev–Trinajstić information content (AvgIpc) is 2.88. The van der Waals surface area contributed by atoms with Crippen LogP contribution in [0.1, 0.15) is 32.1 Å². The number of rotatable bonds is 4. The molecule has 2 aromatic rings. The molecule has 3 N–H and O–H groups in total. The van der Waals surface area contributed by atoms with Gasteiger partial charge in [-0.2, -0.15) is 4.98 Å². The fraction of sp³-hybridized carbons (Fsp3) is 0.529. The molecule has 1 aliphatic carbocycles. The number of oxazole rings is 1. The molecule has 0 spiro atoms. The van der Waals surface area contributed by atoms with Gasteiger partial charge in [0.25, 0.3) is 6.01 Å². The van der Waals surface area contributed by atoms with Crippen LogP contribution in [0.4, 0.5) is 11.7 Å². The highest BCUT2D eigenvalue weighted by Crippen LogP contribution is 2.28. The molecule has 0 bridgehead atoms. The molecule has 7 heteroatoms. The van der Waals surface area contributed by atoms with Crippen LogP contribution in [0.3, 0.4) is 0 Å². The van der Waals surface area contributed by atoms with Gasteiger partial charge in [-0.15, -0.1) is 12.4 Å². The number of hydrogen-bond acceptors (Lipinski definition) is 5. The van der Waals surface area contributed by atoms with Crippen LogP contribution in [-0.4, -0.2) is 30.0 Å². The number of nitrogens with one attached hydrogen (secondary N) is 3. The maximum Gasteiger partial charge on any atom is 0.295 e. The predicted octanol–water partition coefficient (Wildman–Crippen LogP) is 3.15. The lowest BCUT2D eigenvalue weighted by Gasteiger charge is -2.23. The van der Waals surface area contributed by atoms with Crippen molar-refractivity contribution in [3.05, 3.63) is 18.2 Å². The average molecular weight is 351 g/mol. The minimum atomic E-state index is 0. The van der Waals surface area contributed by atoms with Gasteiger partial charge in [0.1, 0.15) is 5.52 Å².